The second-order valence-corrected chi connectivity index (χ2v) is 6.00. The van der Waals surface area contributed by atoms with Gasteiger partial charge < -0.3 is 15.2 Å². The van der Waals surface area contributed by atoms with Crippen molar-refractivity contribution in [1.82, 2.24) is 0 Å². The van der Waals surface area contributed by atoms with E-state index in [2.05, 4.69) is 10.0 Å². The van der Waals surface area contributed by atoms with Crippen LogP contribution in [0.1, 0.15) is 30.1 Å². The Morgan fingerprint density at radius 3 is 2.48 bits per heavy atom. The first-order chi connectivity index (χ1) is 12.0. The summed E-state index contributed by atoms with van der Waals surface area (Å²) in [4.78, 5) is 11.4. The second-order valence-electron chi connectivity index (χ2n) is 5.26. The number of carboxylic acids is 1. The van der Waals surface area contributed by atoms with Crippen LogP contribution < -0.4 is 14.8 Å². The van der Waals surface area contributed by atoms with Crippen LogP contribution in [0.4, 0.5) is 11.4 Å². The van der Waals surface area contributed by atoms with Gasteiger partial charge in [0.25, 0.3) is 0 Å². The molecule has 2 aromatic rings. The molecule has 0 atom stereocenters. The monoisotopic (exact) mass is 364 g/mol. The minimum Gasteiger partial charge on any atom is -0.478 e. The first-order valence-electron chi connectivity index (χ1n) is 7.80. The largest absolute Gasteiger partial charge is 0.478 e. The van der Waals surface area contributed by atoms with E-state index in [1.54, 1.807) is 24.3 Å². The molecule has 0 unspecified atom stereocenters. The molecular weight excluding hydrogens is 344 g/mol. The number of thiol groups is 1. The van der Waals surface area contributed by atoms with Crippen LogP contribution in [0.3, 0.4) is 0 Å². The van der Waals surface area contributed by atoms with Crippen LogP contribution in [0.5, 0.6) is 11.5 Å². The quantitative estimate of drug-likeness (QED) is 0.402. The number of carboxylic acid groups (broad SMARTS) is 1. The lowest BCUT2D eigenvalue weighted by Crippen LogP contribution is -2.09. The lowest BCUT2D eigenvalue weighted by atomic mass is 10.1. The van der Waals surface area contributed by atoms with Gasteiger partial charge in [-0.05, 0) is 24.6 Å². The number of rotatable bonds is 9. The highest BCUT2D eigenvalue weighted by atomic mass is 32.2. The Balaban J connectivity index is 2.45. The third kappa shape index (κ3) is 5.39. The van der Waals surface area contributed by atoms with E-state index >= 15 is 0 Å². The number of ether oxygens (including phenoxy) is 1. The minimum absolute atomic E-state index is 0.0458. The third-order valence-electron chi connectivity index (χ3n) is 3.38. The fourth-order valence-corrected chi connectivity index (χ4v) is 2.57. The number of anilines is 2. The van der Waals surface area contributed by atoms with Crippen molar-refractivity contribution in [3.63, 3.8) is 0 Å². The van der Waals surface area contributed by atoms with Crippen LogP contribution in [0, 0.1) is 0 Å². The number of hydrogen-bond acceptors (Lipinski definition) is 5. The lowest BCUT2D eigenvalue weighted by molar-refractivity contribution is 0.0698. The van der Waals surface area contributed by atoms with E-state index in [9.17, 15) is 18.3 Å². The molecule has 0 amide bonds. The molecule has 8 heteroatoms. The van der Waals surface area contributed by atoms with Crippen molar-refractivity contribution >= 4 is 28.2 Å². The van der Waals surface area contributed by atoms with E-state index in [-0.39, 0.29) is 11.3 Å². The summed E-state index contributed by atoms with van der Waals surface area (Å²) in [6.45, 7) is 2.69. The number of carbonyl (C=O) groups is 1. The van der Waals surface area contributed by atoms with Crippen LogP contribution in [0.15, 0.2) is 42.5 Å². The predicted molar refractivity (Wildman–Crippen MR) is 97.3 cm³/mol. The molecule has 0 aliphatic heterocycles. The predicted octanol–water partition coefficient (Wildman–Crippen LogP) is 3.33. The molecule has 7 nitrogen and oxygen atoms in total. The fourth-order valence-electron chi connectivity index (χ4n) is 2.19. The molecular formula is C17H20N2O5S. The summed E-state index contributed by atoms with van der Waals surface area (Å²) >= 11 is 0. The zero-order chi connectivity index (χ0) is 18.2. The number of hydrogen-bond donors (Lipinski definition) is 4. The zero-order valence-corrected chi connectivity index (χ0v) is 14.6. The Morgan fingerprint density at radius 1 is 1.16 bits per heavy atom. The highest BCUT2D eigenvalue weighted by Crippen LogP contribution is 2.35. The van der Waals surface area contributed by atoms with Gasteiger partial charge in [-0.25, -0.2) is 13.2 Å². The van der Waals surface area contributed by atoms with Gasteiger partial charge >= 0.3 is 5.97 Å². The first kappa shape index (κ1) is 18.6. The minimum atomic E-state index is -3.00. The third-order valence-corrected chi connectivity index (χ3v) is 3.80. The van der Waals surface area contributed by atoms with Gasteiger partial charge in [-0.1, -0.05) is 31.5 Å². The van der Waals surface area contributed by atoms with Crippen molar-refractivity contribution in [1.29, 1.82) is 0 Å². The molecule has 2 rings (SSSR count). The molecule has 0 radical (unpaired) electrons. The normalized spacial score (nSPS) is 10.5. The molecule has 134 valence electrons. The average molecular weight is 364 g/mol. The fraction of sp³-hybridized carbons (Fsp3) is 0.235. The van der Waals surface area contributed by atoms with Gasteiger partial charge in [-0.2, -0.15) is 0 Å². The molecule has 0 heterocycles. The van der Waals surface area contributed by atoms with Crippen LogP contribution in [-0.2, 0) is 10.9 Å². The van der Waals surface area contributed by atoms with Crippen molar-refractivity contribution in [2.75, 3.05) is 16.6 Å². The lowest BCUT2D eigenvalue weighted by Gasteiger charge is -2.16. The summed E-state index contributed by atoms with van der Waals surface area (Å²) in [7, 11) is -3.00. The van der Waals surface area contributed by atoms with Crippen LogP contribution in [0.25, 0.3) is 0 Å². The van der Waals surface area contributed by atoms with Crippen LogP contribution >= 0.6 is 0 Å². The molecule has 2 aromatic carbocycles. The maximum atomic E-state index is 11.4. The Labute approximate surface area is 147 Å². The number of para-hydroxylation sites is 1. The van der Waals surface area contributed by atoms with Gasteiger partial charge in [0, 0.05) is 12.6 Å². The molecule has 0 aliphatic rings. The topological polar surface area (TPSA) is 105 Å². The van der Waals surface area contributed by atoms with Crippen molar-refractivity contribution in [2.24, 2.45) is 0 Å². The van der Waals surface area contributed by atoms with Gasteiger partial charge in [0.05, 0.1) is 16.9 Å². The average Bonchev–Trinajstić information content (AvgIpc) is 2.57. The second kappa shape index (κ2) is 8.93. The van der Waals surface area contributed by atoms with E-state index in [0.29, 0.717) is 23.7 Å². The Bertz CT molecular complexity index is 798. The van der Waals surface area contributed by atoms with Gasteiger partial charge in [-0.3, -0.25) is 4.72 Å². The summed E-state index contributed by atoms with van der Waals surface area (Å²) in [6, 6.07) is 11.7. The number of aromatic carboxylic acids is 1. The highest BCUT2D eigenvalue weighted by molar-refractivity contribution is 7.73. The molecule has 0 saturated heterocycles. The van der Waals surface area contributed by atoms with E-state index < -0.39 is 16.9 Å². The molecule has 25 heavy (non-hydrogen) atoms. The van der Waals surface area contributed by atoms with Crippen molar-refractivity contribution in [2.45, 2.75) is 19.8 Å². The van der Waals surface area contributed by atoms with E-state index in [4.69, 9.17) is 4.74 Å². The SMILES string of the molecule is CCCCNc1cc(C(=O)O)c(N[SH](=O)=O)cc1Oc1ccccc1. The Kier molecular flexibility index (Phi) is 6.64. The Morgan fingerprint density at radius 2 is 1.88 bits per heavy atom. The van der Waals surface area contributed by atoms with Crippen LogP contribution in [-0.4, -0.2) is 26.0 Å². The molecule has 3 N–H and O–H groups in total. The van der Waals surface area contributed by atoms with E-state index in [0.717, 1.165) is 12.8 Å². The summed E-state index contributed by atoms with van der Waals surface area (Å²) < 4.78 is 29.9. The maximum absolute atomic E-state index is 11.4. The first-order valence-corrected chi connectivity index (χ1v) is 8.98. The maximum Gasteiger partial charge on any atom is 0.337 e. The van der Waals surface area contributed by atoms with Gasteiger partial charge in [0.2, 0.25) is 10.9 Å². The summed E-state index contributed by atoms with van der Waals surface area (Å²) in [5.41, 5.74) is 0.288. The van der Waals surface area contributed by atoms with Crippen molar-refractivity contribution in [3.8, 4) is 11.5 Å². The van der Waals surface area contributed by atoms with Crippen molar-refractivity contribution < 1.29 is 23.1 Å². The van der Waals surface area contributed by atoms with Gasteiger partial charge in [0.15, 0.2) is 5.75 Å². The standard InChI is InChI=1S/C17H20N2O5S/c1-2-3-9-18-15-10-13(17(20)21)14(19-25(22)23)11-16(15)24-12-7-5-4-6-8-12/h4-8,10-11,18,25H,2-3,9H2,1H3,(H,20,21)(H,19,22,23). The molecule has 0 saturated carbocycles. The molecule has 0 spiro atoms. The smallest absolute Gasteiger partial charge is 0.337 e. The zero-order valence-electron chi connectivity index (χ0n) is 13.7. The van der Waals surface area contributed by atoms with Gasteiger partial charge in [0.1, 0.15) is 5.75 Å². The van der Waals surface area contributed by atoms with Crippen LogP contribution in [0.2, 0.25) is 0 Å². The Hall–Kier alpha value is -2.74. The molecule has 0 aromatic heterocycles. The summed E-state index contributed by atoms with van der Waals surface area (Å²) in [5, 5.41) is 12.5. The van der Waals surface area contributed by atoms with Crippen molar-refractivity contribution in [3.05, 3.63) is 48.0 Å². The van der Waals surface area contributed by atoms with Gasteiger partial charge in [-0.15, -0.1) is 0 Å². The molecule has 0 aliphatic carbocycles. The number of benzene rings is 2. The summed E-state index contributed by atoms with van der Waals surface area (Å²) in [6.07, 6.45) is 1.88. The van der Waals surface area contributed by atoms with E-state index in [1.807, 2.05) is 13.0 Å². The number of unbranched alkanes of at least 4 members (excludes halogenated alkanes) is 1. The molecule has 0 bridgehead atoms. The van der Waals surface area contributed by atoms with E-state index in [1.165, 1.54) is 12.1 Å². The highest BCUT2D eigenvalue weighted by Gasteiger charge is 2.17. The summed E-state index contributed by atoms with van der Waals surface area (Å²) in [5.74, 6) is -0.336. The number of nitrogens with one attached hydrogen (secondary N) is 2. The molecule has 0 fully saturated rings.